The van der Waals surface area contributed by atoms with Gasteiger partial charge in [0.2, 0.25) is 0 Å². The summed E-state index contributed by atoms with van der Waals surface area (Å²) in [4.78, 5) is 1.85. The van der Waals surface area contributed by atoms with Crippen molar-refractivity contribution in [2.75, 3.05) is 19.7 Å². The molecule has 0 N–H and O–H groups in total. The third kappa shape index (κ3) is 1.33. The van der Waals surface area contributed by atoms with E-state index in [2.05, 4.69) is 4.74 Å². The zero-order chi connectivity index (χ0) is 8.60. The van der Waals surface area contributed by atoms with Gasteiger partial charge in [0.1, 0.15) is 6.04 Å². The van der Waals surface area contributed by atoms with Gasteiger partial charge in [-0.15, -0.1) is 0 Å². The van der Waals surface area contributed by atoms with Gasteiger partial charge in [0.05, 0.1) is 6.61 Å². The van der Waals surface area contributed by atoms with E-state index in [1.807, 2.05) is 4.90 Å². The van der Waals surface area contributed by atoms with Crippen LogP contribution in [0.4, 0.5) is 8.78 Å². The van der Waals surface area contributed by atoms with Crippen LogP contribution in [-0.4, -0.2) is 36.7 Å². The highest BCUT2D eigenvalue weighted by Crippen LogP contribution is 2.35. The molecule has 1 atom stereocenters. The predicted octanol–water partition coefficient (Wildman–Crippen LogP) is 1.46. The van der Waals surface area contributed by atoms with Crippen LogP contribution < -0.4 is 0 Å². The number of hydrogen-bond donors (Lipinski definition) is 0. The van der Waals surface area contributed by atoms with E-state index in [-0.39, 0.29) is 6.61 Å². The monoisotopic (exact) mass is 177 g/mol. The molecule has 0 aromatic carbocycles. The average molecular weight is 177 g/mol. The number of alkyl halides is 2. The van der Waals surface area contributed by atoms with Crippen molar-refractivity contribution >= 4 is 0 Å². The molecule has 0 aromatic rings. The molecule has 0 aromatic heterocycles. The van der Waals surface area contributed by atoms with Crippen LogP contribution in [0.25, 0.3) is 0 Å². The van der Waals surface area contributed by atoms with Gasteiger partial charge in [0.15, 0.2) is 0 Å². The summed E-state index contributed by atoms with van der Waals surface area (Å²) in [5.74, 6) is 0. The van der Waals surface area contributed by atoms with Crippen molar-refractivity contribution in [2.45, 2.75) is 31.4 Å². The number of ether oxygens (including phenoxy) is 1. The Morgan fingerprint density at radius 2 is 1.83 bits per heavy atom. The fourth-order valence-electron chi connectivity index (χ4n) is 1.83. The van der Waals surface area contributed by atoms with E-state index in [1.54, 1.807) is 0 Å². The van der Waals surface area contributed by atoms with Crippen LogP contribution in [0.3, 0.4) is 0 Å². The number of hydrogen-bond acceptors (Lipinski definition) is 2. The highest BCUT2D eigenvalue weighted by Gasteiger charge is 2.53. The maximum Gasteiger partial charge on any atom is 0.373 e. The van der Waals surface area contributed by atoms with Gasteiger partial charge < -0.3 is 4.74 Å². The molecule has 0 spiro atoms. The Hall–Kier alpha value is -0.220. The molecular formula is C8H13F2NO. The standard InChI is InChI=1S/C8H13F2NO/c9-8(10)7(6-12-8)11-4-2-1-3-5-11/h7H,1-6H2. The Balaban J connectivity index is 1.91. The maximum atomic E-state index is 12.7. The van der Waals surface area contributed by atoms with Crippen LogP contribution in [0.5, 0.6) is 0 Å². The van der Waals surface area contributed by atoms with Gasteiger partial charge in [-0.3, -0.25) is 4.90 Å². The van der Waals surface area contributed by atoms with E-state index in [4.69, 9.17) is 0 Å². The zero-order valence-corrected chi connectivity index (χ0v) is 6.93. The van der Waals surface area contributed by atoms with E-state index in [9.17, 15) is 8.78 Å². The molecule has 0 amide bonds. The molecule has 2 rings (SSSR count). The molecule has 0 bridgehead atoms. The van der Waals surface area contributed by atoms with Gasteiger partial charge in [0.25, 0.3) is 0 Å². The fourth-order valence-corrected chi connectivity index (χ4v) is 1.83. The lowest BCUT2D eigenvalue weighted by Crippen LogP contribution is -2.61. The smallest absolute Gasteiger partial charge is 0.317 e. The molecule has 2 aliphatic rings. The lowest BCUT2D eigenvalue weighted by atomic mass is 10.1. The van der Waals surface area contributed by atoms with Crippen molar-refractivity contribution < 1.29 is 13.5 Å². The van der Waals surface area contributed by atoms with E-state index >= 15 is 0 Å². The molecule has 2 fully saturated rings. The molecule has 2 heterocycles. The molecule has 0 radical (unpaired) electrons. The lowest BCUT2D eigenvalue weighted by molar-refractivity contribution is -0.357. The van der Waals surface area contributed by atoms with Crippen molar-refractivity contribution in [2.24, 2.45) is 0 Å². The topological polar surface area (TPSA) is 12.5 Å². The van der Waals surface area contributed by atoms with E-state index in [0.717, 1.165) is 25.9 Å². The molecule has 12 heavy (non-hydrogen) atoms. The third-order valence-electron chi connectivity index (χ3n) is 2.65. The Morgan fingerprint density at radius 3 is 2.25 bits per heavy atom. The largest absolute Gasteiger partial charge is 0.373 e. The molecule has 2 nitrogen and oxygen atoms in total. The highest BCUT2D eigenvalue weighted by atomic mass is 19.3. The SMILES string of the molecule is FC1(F)OCC1N1CCCCC1. The van der Waals surface area contributed by atoms with Gasteiger partial charge >= 0.3 is 6.11 Å². The van der Waals surface area contributed by atoms with Crippen molar-refractivity contribution in [1.82, 2.24) is 4.90 Å². The minimum atomic E-state index is -2.88. The summed E-state index contributed by atoms with van der Waals surface area (Å²) < 4.78 is 29.7. The second kappa shape index (κ2) is 2.92. The minimum absolute atomic E-state index is 0.201. The Bertz CT molecular complexity index is 168. The number of halogens is 2. The molecule has 1 unspecified atom stereocenters. The summed E-state index contributed by atoms with van der Waals surface area (Å²) in [6.45, 7) is 1.82. The minimum Gasteiger partial charge on any atom is -0.317 e. The molecule has 0 saturated carbocycles. The summed E-state index contributed by atoms with van der Waals surface area (Å²) in [5.41, 5.74) is 0. The first-order valence-corrected chi connectivity index (χ1v) is 4.46. The van der Waals surface area contributed by atoms with Gasteiger partial charge in [0, 0.05) is 0 Å². The average Bonchev–Trinajstić information content (AvgIpc) is 2.05. The third-order valence-corrected chi connectivity index (χ3v) is 2.65. The number of piperidine rings is 1. The van der Waals surface area contributed by atoms with Crippen molar-refractivity contribution in [3.63, 3.8) is 0 Å². The van der Waals surface area contributed by atoms with Gasteiger partial charge in [-0.2, -0.15) is 8.78 Å². The van der Waals surface area contributed by atoms with E-state index in [0.29, 0.717) is 0 Å². The van der Waals surface area contributed by atoms with Crippen LogP contribution in [0.1, 0.15) is 19.3 Å². The maximum absolute atomic E-state index is 12.7. The Morgan fingerprint density at radius 1 is 1.17 bits per heavy atom. The first kappa shape index (κ1) is 8.38. The predicted molar refractivity (Wildman–Crippen MR) is 40.1 cm³/mol. The summed E-state index contributed by atoms with van der Waals surface area (Å²) in [7, 11) is 0. The highest BCUT2D eigenvalue weighted by molar-refractivity contribution is 4.88. The fraction of sp³-hybridized carbons (Fsp3) is 1.00. The second-order valence-corrected chi connectivity index (χ2v) is 3.49. The first-order chi connectivity index (χ1) is 5.70. The second-order valence-electron chi connectivity index (χ2n) is 3.49. The van der Waals surface area contributed by atoms with Crippen LogP contribution in [-0.2, 0) is 4.74 Å². The van der Waals surface area contributed by atoms with Crippen LogP contribution in [0, 0.1) is 0 Å². The quantitative estimate of drug-likeness (QED) is 0.601. The molecule has 4 heteroatoms. The lowest BCUT2D eigenvalue weighted by Gasteiger charge is -2.44. The van der Waals surface area contributed by atoms with Gasteiger partial charge in [-0.05, 0) is 25.9 Å². The van der Waals surface area contributed by atoms with E-state index < -0.39 is 12.2 Å². The summed E-state index contributed by atoms with van der Waals surface area (Å²) in [5, 5.41) is 0. The number of nitrogens with zero attached hydrogens (tertiary/aromatic N) is 1. The Labute approximate surface area is 70.5 Å². The van der Waals surface area contributed by atoms with Gasteiger partial charge in [-0.25, -0.2) is 0 Å². The molecule has 0 aliphatic carbocycles. The molecular weight excluding hydrogens is 164 g/mol. The van der Waals surface area contributed by atoms with Crippen molar-refractivity contribution in [3.8, 4) is 0 Å². The molecule has 2 saturated heterocycles. The van der Waals surface area contributed by atoms with Crippen LogP contribution in [0.2, 0.25) is 0 Å². The van der Waals surface area contributed by atoms with Crippen LogP contribution >= 0.6 is 0 Å². The van der Waals surface area contributed by atoms with Gasteiger partial charge in [-0.1, -0.05) is 6.42 Å². The Kier molecular flexibility index (Phi) is 2.04. The molecule has 2 aliphatic heterocycles. The summed E-state index contributed by atoms with van der Waals surface area (Å²) in [6, 6.07) is -0.641. The first-order valence-electron chi connectivity index (χ1n) is 4.46. The normalized spacial score (nSPS) is 36.0. The molecule has 70 valence electrons. The number of rotatable bonds is 1. The number of likely N-dealkylation sites (tertiary alicyclic amines) is 1. The van der Waals surface area contributed by atoms with Crippen LogP contribution in [0.15, 0.2) is 0 Å². The summed E-state index contributed by atoms with van der Waals surface area (Å²) >= 11 is 0. The van der Waals surface area contributed by atoms with Crippen molar-refractivity contribution in [1.29, 1.82) is 0 Å². The van der Waals surface area contributed by atoms with Crippen molar-refractivity contribution in [3.05, 3.63) is 0 Å². The summed E-state index contributed by atoms with van der Waals surface area (Å²) in [6.07, 6.45) is 0.395. The zero-order valence-electron chi connectivity index (χ0n) is 6.93. The van der Waals surface area contributed by atoms with E-state index in [1.165, 1.54) is 6.42 Å².